The third-order valence-electron chi connectivity index (χ3n) is 6.46. The minimum Gasteiger partial charge on any atom is -0.298 e. The van der Waals surface area contributed by atoms with E-state index in [1.54, 1.807) is 0 Å². The number of ketones is 1. The summed E-state index contributed by atoms with van der Waals surface area (Å²) in [7, 11) is -4.44. The fourth-order valence-electron chi connectivity index (χ4n) is 4.40. The lowest BCUT2D eigenvalue weighted by molar-refractivity contribution is -0.145. The van der Waals surface area contributed by atoms with Crippen LogP contribution in [0.25, 0.3) is 11.3 Å². The van der Waals surface area contributed by atoms with Gasteiger partial charge in [-0.15, -0.1) is 0 Å². The maximum Gasteiger partial charge on any atom is 0.451 e. The number of hydrogen-bond donors (Lipinski definition) is 0. The van der Waals surface area contributed by atoms with E-state index in [2.05, 4.69) is 19.9 Å². The zero-order valence-corrected chi connectivity index (χ0v) is 22.4. The summed E-state index contributed by atoms with van der Waals surface area (Å²) < 4.78 is 121. The summed E-state index contributed by atoms with van der Waals surface area (Å²) in [4.78, 5) is 26.5. The van der Waals surface area contributed by atoms with E-state index in [1.807, 2.05) is 0 Å². The maximum absolute atomic E-state index is 14.7. The largest absolute Gasteiger partial charge is 0.451 e. The average molecular weight is 626 g/mol. The molecule has 1 aliphatic rings. The Balaban J connectivity index is 1.61. The molecule has 0 aliphatic carbocycles. The predicted molar refractivity (Wildman–Crippen MR) is 130 cm³/mol. The number of pyridine rings is 2. The van der Waals surface area contributed by atoms with Crippen molar-refractivity contribution >= 4 is 27.4 Å². The first kappa shape index (κ1) is 30.7. The number of carbonyl (C=O) groups excluding carboxylic acids is 1. The smallest absolute Gasteiger partial charge is 0.298 e. The summed E-state index contributed by atoms with van der Waals surface area (Å²) >= 11 is 5.70. The molecule has 3 aromatic heterocycles. The number of hydrogen-bond acceptors (Lipinski definition) is 7. The Morgan fingerprint density at radius 3 is 2.22 bits per heavy atom. The molecule has 220 valence electrons. The second kappa shape index (κ2) is 11.2. The number of nitrogens with zero attached hydrogens (tertiary/aromatic N) is 5. The number of Topliss-reactive ketones (excluding diaryl/α,β-unsaturated/α-hetero) is 1. The maximum atomic E-state index is 14.7. The summed E-state index contributed by atoms with van der Waals surface area (Å²) in [6, 6.07) is 0.511. The van der Waals surface area contributed by atoms with E-state index in [1.165, 1.54) is 13.0 Å². The van der Waals surface area contributed by atoms with E-state index in [9.17, 15) is 43.9 Å². The summed E-state index contributed by atoms with van der Waals surface area (Å²) in [6.45, 7) is 1.27. The number of halogens is 8. The number of sulfonamides is 1. The van der Waals surface area contributed by atoms with Crippen LogP contribution < -0.4 is 0 Å². The Hall–Kier alpha value is -3.24. The van der Waals surface area contributed by atoms with E-state index < -0.39 is 82.6 Å². The number of aryl methyl sites for hydroxylation is 1. The van der Waals surface area contributed by atoms with Crippen molar-refractivity contribution in [3.8, 4) is 11.3 Å². The SMILES string of the molecule is C[C@H]1[C@H](F)C[C@@H](C(=O)CCc2cc(-c3cnc(C(F)(F)F)nc3)ncc2C(F)(F)F)N1S(=O)(=O)c1ccc(Cl)nc1. The molecule has 4 rings (SSSR count). The van der Waals surface area contributed by atoms with Crippen molar-refractivity contribution in [3.05, 3.63) is 65.1 Å². The van der Waals surface area contributed by atoms with Crippen LogP contribution in [0.4, 0.5) is 30.7 Å². The van der Waals surface area contributed by atoms with Crippen molar-refractivity contribution in [2.24, 2.45) is 0 Å². The molecule has 41 heavy (non-hydrogen) atoms. The Bertz CT molecular complexity index is 1540. The van der Waals surface area contributed by atoms with Crippen LogP contribution in [0.5, 0.6) is 0 Å². The fourth-order valence-corrected chi connectivity index (χ4v) is 6.29. The highest BCUT2D eigenvalue weighted by molar-refractivity contribution is 7.89. The monoisotopic (exact) mass is 625 g/mol. The van der Waals surface area contributed by atoms with Gasteiger partial charge in [0.15, 0.2) is 5.78 Å². The molecule has 0 spiro atoms. The van der Waals surface area contributed by atoms with Crippen LogP contribution in [-0.4, -0.2) is 56.7 Å². The van der Waals surface area contributed by atoms with Crippen molar-refractivity contribution in [3.63, 3.8) is 0 Å². The van der Waals surface area contributed by atoms with Gasteiger partial charge in [-0.05, 0) is 37.1 Å². The highest BCUT2D eigenvalue weighted by Crippen LogP contribution is 2.36. The first-order valence-electron chi connectivity index (χ1n) is 11.8. The van der Waals surface area contributed by atoms with Gasteiger partial charge in [0.25, 0.3) is 0 Å². The molecular weight excluding hydrogens is 607 g/mol. The number of aromatic nitrogens is 4. The van der Waals surface area contributed by atoms with Gasteiger partial charge in [0, 0.05) is 43.2 Å². The van der Waals surface area contributed by atoms with Gasteiger partial charge < -0.3 is 0 Å². The molecule has 4 heterocycles. The molecule has 1 saturated heterocycles. The van der Waals surface area contributed by atoms with Gasteiger partial charge >= 0.3 is 12.4 Å². The third-order valence-corrected chi connectivity index (χ3v) is 8.67. The highest BCUT2D eigenvalue weighted by Gasteiger charge is 2.49. The van der Waals surface area contributed by atoms with Gasteiger partial charge in [0.1, 0.15) is 16.2 Å². The fraction of sp³-hybridized carbons (Fsp3) is 0.375. The molecular formula is C24H19ClF7N5O3S. The number of alkyl halides is 7. The standard InChI is InChI=1S/C24H19ClF7N5O3S/c1-12-17(26)7-19(37(12)41(39,40)15-3-5-21(25)34-10-15)20(38)4-2-13-6-18(33-11-16(13)23(27,28)29)14-8-35-22(36-9-14)24(30,31)32/h3,5-6,8-12,17,19H,2,4,7H2,1H3/t12-,17+,19-/m0/s1. The van der Waals surface area contributed by atoms with Crippen molar-refractivity contribution in [2.75, 3.05) is 0 Å². The van der Waals surface area contributed by atoms with Crippen LogP contribution in [0.3, 0.4) is 0 Å². The number of rotatable bonds is 7. The van der Waals surface area contributed by atoms with Gasteiger partial charge in [-0.3, -0.25) is 9.78 Å². The molecule has 1 fully saturated rings. The van der Waals surface area contributed by atoms with Crippen molar-refractivity contribution in [1.82, 2.24) is 24.2 Å². The molecule has 0 radical (unpaired) electrons. The predicted octanol–water partition coefficient (Wildman–Crippen LogP) is 5.32. The van der Waals surface area contributed by atoms with Crippen LogP contribution in [0.2, 0.25) is 5.15 Å². The second-order valence-electron chi connectivity index (χ2n) is 9.14. The van der Waals surface area contributed by atoms with Crippen LogP contribution in [0, 0.1) is 0 Å². The summed E-state index contributed by atoms with van der Waals surface area (Å²) in [5.74, 6) is -2.28. The van der Waals surface area contributed by atoms with E-state index >= 15 is 0 Å². The molecule has 3 atom stereocenters. The quantitative estimate of drug-likeness (QED) is 0.259. The van der Waals surface area contributed by atoms with E-state index in [0.29, 0.717) is 10.5 Å². The van der Waals surface area contributed by atoms with Crippen LogP contribution >= 0.6 is 11.6 Å². The summed E-state index contributed by atoms with van der Waals surface area (Å²) in [6.07, 6.45) is -10.2. The first-order valence-corrected chi connectivity index (χ1v) is 13.6. The van der Waals surface area contributed by atoms with Crippen LogP contribution in [0.1, 0.15) is 36.7 Å². The molecule has 8 nitrogen and oxygen atoms in total. The van der Waals surface area contributed by atoms with Gasteiger partial charge in [-0.1, -0.05) is 11.6 Å². The molecule has 0 amide bonds. The molecule has 0 N–H and O–H groups in total. The number of carbonyl (C=O) groups is 1. The minimum atomic E-state index is -4.90. The second-order valence-corrected chi connectivity index (χ2v) is 11.4. The lowest BCUT2D eigenvalue weighted by Gasteiger charge is -2.26. The van der Waals surface area contributed by atoms with Gasteiger partial charge in [0.05, 0.1) is 23.3 Å². The normalized spacial score (nSPS) is 20.4. The van der Waals surface area contributed by atoms with Crippen LogP contribution in [-0.2, 0) is 33.6 Å². The summed E-state index contributed by atoms with van der Waals surface area (Å²) in [5.41, 5.74) is -1.94. The third kappa shape index (κ3) is 6.48. The van der Waals surface area contributed by atoms with Crippen molar-refractivity contribution in [1.29, 1.82) is 0 Å². The topological polar surface area (TPSA) is 106 Å². The average Bonchev–Trinajstić information content (AvgIpc) is 3.21. The van der Waals surface area contributed by atoms with E-state index in [-0.39, 0.29) is 21.3 Å². The zero-order chi connectivity index (χ0) is 30.3. The lowest BCUT2D eigenvalue weighted by Crippen LogP contribution is -2.44. The van der Waals surface area contributed by atoms with Gasteiger partial charge in [-0.25, -0.2) is 27.8 Å². The molecule has 1 aliphatic heterocycles. The van der Waals surface area contributed by atoms with E-state index in [4.69, 9.17) is 11.6 Å². The molecule has 17 heteroatoms. The lowest BCUT2D eigenvalue weighted by atomic mass is 9.98. The van der Waals surface area contributed by atoms with E-state index in [0.717, 1.165) is 30.7 Å². The Labute approximate surface area is 233 Å². The van der Waals surface area contributed by atoms with Crippen molar-refractivity contribution < 1.29 is 43.9 Å². The van der Waals surface area contributed by atoms with Crippen LogP contribution in [0.15, 0.2) is 47.9 Å². The molecule has 3 aromatic rings. The molecule has 0 unspecified atom stereocenters. The first-order chi connectivity index (χ1) is 19.0. The minimum absolute atomic E-state index is 0.00513. The van der Waals surface area contributed by atoms with Gasteiger partial charge in [0.2, 0.25) is 15.8 Å². The van der Waals surface area contributed by atoms with Gasteiger partial charge in [-0.2, -0.15) is 30.6 Å². The highest BCUT2D eigenvalue weighted by atomic mass is 35.5. The molecule has 0 bridgehead atoms. The molecule has 0 aromatic carbocycles. The van der Waals surface area contributed by atoms with Crippen molar-refractivity contribution in [2.45, 2.75) is 61.7 Å². The Morgan fingerprint density at radius 2 is 1.66 bits per heavy atom. The summed E-state index contributed by atoms with van der Waals surface area (Å²) in [5, 5.41) is -0.00513. The molecule has 0 saturated carbocycles. The Kier molecular flexibility index (Phi) is 8.40. The Morgan fingerprint density at radius 1 is 1.00 bits per heavy atom. The zero-order valence-electron chi connectivity index (χ0n) is 20.8.